The molecule has 0 atom stereocenters. The lowest BCUT2D eigenvalue weighted by Crippen LogP contribution is -2.27. The molecule has 0 unspecified atom stereocenters. The van der Waals surface area contributed by atoms with Gasteiger partial charge in [-0.05, 0) is 26.2 Å². The number of carbonyl (C=O) groups excluding carboxylic acids is 1. The Hall–Kier alpha value is -1.47. The molecule has 0 fully saturated rings. The van der Waals surface area contributed by atoms with Gasteiger partial charge in [-0.2, -0.15) is 8.42 Å². The van der Waals surface area contributed by atoms with Crippen LogP contribution >= 0.6 is 0 Å². The van der Waals surface area contributed by atoms with E-state index in [1.807, 2.05) is 0 Å². The number of benzene rings is 1. The third-order valence-electron chi connectivity index (χ3n) is 1.88. The molecule has 0 spiro atoms. The van der Waals surface area contributed by atoms with Gasteiger partial charge in [-0.1, -0.05) is 12.1 Å². The van der Waals surface area contributed by atoms with Crippen molar-refractivity contribution in [2.45, 2.75) is 4.90 Å². The van der Waals surface area contributed by atoms with Gasteiger partial charge in [0.1, 0.15) is 4.90 Å². The number of hydrogen-bond acceptors (Lipinski definition) is 4. The molecule has 0 bridgehead atoms. The van der Waals surface area contributed by atoms with E-state index in [0.717, 1.165) is 6.07 Å². The Labute approximate surface area is 99.4 Å². The summed E-state index contributed by atoms with van der Waals surface area (Å²) in [5.74, 6) is -0.411. The van der Waals surface area contributed by atoms with Gasteiger partial charge in [0.05, 0.1) is 12.2 Å². The van der Waals surface area contributed by atoms with Crippen LogP contribution in [0.1, 0.15) is 0 Å². The summed E-state index contributed by atoms with van der Waals surface area (Å²) >= 11 is 0. The molecule has 1 rings (SSSR count). The normalized spacial score (nSPS) is 11.5. The van der Waals surface area contributed by atoms with E-state index in [1.165, 1.54) is 18.2 Å². The Bertz CT molecular complexity index is 514. The number of rotatable bonds is 4. The molecule has 0 heterocycles. The minimum Gasteiger partial charge on any atom is -0.324 e. The van der Waals surface area contributed by atoms with E-state index in [9.17, 15) is 17.1 Å². The number of anilines is 1. The highest BCUT2D eigenvalue weighted by Crippen LogP contribution is 2.22. The Kier molecular flexibility index (Phi) is 4.19. The minimum absolute atomic E-state index is 0.0538. The lowest BCUT2D eigenvalue weighted by molar-refractivity contribution is -0.116. The Balaban J connectivity index is 2.96. The molecule has 0 aliphatic heterocycles. The lowest BCUT2D eigenvalue weighted by Gasteiger charge is -2.11. The fourth-order valence-corrected chi connectivity index (χ4v) is 1.88. The quantitative estimate of drug-likeness (QED) is 0.815. The maximum Gasteiger partial charge on any atom is 0.334 e. The Morgan fingerprint density at radius 1 is 1.35 bits per heavy atom. The standard InChI is InChI=1S/C10H13FN2O3S/c1-13(2)7-10(14)12-8-5-3-4-6-9(8)17(11,15)16/h3-6H,7H2,1-2H3,(H,12,14). The average Bonchev–Trinajstić information content (AvgIpc) is 2.15. The van der Waals surface area contributed by atoms with Crippen molar-refractivity contribution in [3.05, 3.63) is 24.3 Å². The van der Waals surface area contributed by atoms with Crippen LogP contribution in [0.3, 0.4) is 0 Å². The molecule has 7 heteroatoms. The fraction of sp³-hybridized carbons (Fsp3) is 0.300. The van der Waals surface area contributed by atoms with Gasteiger partial charge < -0.3 is 10.2 Å². The van der Waals surface area contributed by atoms with Gasteiger partial charge >= 0.3 is 10.2 Å². The Morgan fingerprint density at radius 3 is 2.47 bits per heavy atom. The minimum atomic E-state index is -4.84. The first-order valence-corrected chi connectivity index (χ1v) is 6.17. The van der Waals surface area contributed by atoms with Crippen molar-refractivity contribution >= 4 is 21.8 Å². The largest absolute Gasteiger partial charge is 0.334 e. The first-order valence-electron chi connectivity index (χ1n) is 4.79. The summed E-state index contributed by atoms with van der Waals surface area (Å²) < 4.78 is 34.6. The van der Waals surface area contributed by atoms with Crippen molar-refractivity contribution in [1.29, 1.82) is 0 Å². The highest BCUT2D eigenvalue weighted by Gasteiger charge is 2.18. The van der Waals surface area contributed by atoms with Gasteiger partial charge in [0.15, 0.2) is 0 Å². The zero-order chi connectivity index (χ0) is 13.1. The van der Waals surface area contributed by atoms with Crippen LogP contribution in [0.15, 0.2) is 29.2 Å². The highest BCUT2D eigenvalue weighted by atomic mass is 32.3. The third-order valence-corrected chi connectivity index (χ3v) is 2.77. The fourth-order valence-electron chi connectivity index (χ4n) is 1.26. The molecule has 5 nitrogen and oxygen atoms in total. The van der Waals surface area contributed by atoms with Crippen molar-refractivity contribution < 1.29 is 17.1 Å². The van der Waals surface area contributed by atoms with Crippen molar-refractivity contribution in [3.63, 3.8) is 0 Å². The molecule has 0 saturated heterocycles. The molecule has 1 amide bonds. The summed E-state index contributed by atoms with van der Waals surface area (Å²) in [6, 6.07) is 5.33. The van der Waals surface area contributed by atoms with E-state index >= 15 is 0 Å². The zero-order valence-electron chi connectivity index (χ0n) is 9.47. The number of nitrogens with zero attached hydrogens (tertiary/aromatic N) is 1. The van der Waals surface area contributed by atoms with E-state index in [2.05, 4.69) is 5.32 Å². The van der Waals surface area contributed by atoms with Crippen molar-refractivity contribution in [2.24, 2.45) is 0 Å². The molecule has 0 aliphatic rings. The number of carbonyl (C=O) groups is 1. The van der Waals surface area contributed by atoms with E-state index < -0.39 is 21.0 Å². The summed E-state index contributed by atoms with van der Waals surface area (Å²) in [6.07, 6.45) is 0. The van der Waals surface area contributed by atoms with Crippen molar-refractivity contribution in [1.82, 2.24) is 4.90 Å². The molecule has 1 aromatic rings. The molecule has 0 aliphatic carbocycles. The Morgan fingerprint density at radius 2 is 1.94 bits per heavy atom. The van der Waals surface area contributed by atoms with Crippen LogP contribution in [0.25, 0.3) is 0 Å². The van der Waals surface area contributed by atoms with Crippen LogP contribution in [-0.2, 0) is 15.0 Å². The average molecular weight is 260 g/mol. The van der Waals surface area contributed by atoms with Crippen LogP contribution in [0.2, 0.25) is 0 Å². The second kappa shape index (κ2) is 5.24. The summed E-state index contributed by atoms with van der Waals surface area (Å²) in [4.78, 5) is 12.5. The van der Waals surface area contributed by atoms with Crippen molar-refractivity contribution in [3.8, 4) is 0 Å². The summed E-state index contributed by atoms with van der Waals surface area (Å²) in [5.41, 5.74) is -0.0538. The number of halogens is 1. The van der Waals surface area contributed by atoms with Gasteiger partial charge in [-0.25, -0.2) is 0 Å². The highest BCUT2D eigenvalue weighted by molar-refractivity contribution is 7.86. The van der Waals surface area contributed by atoms with Gasteiger partial charge in [-0.15, -0.1) is 3.89 Å². The molecular formula is C10H13FN2O3S. The summed E-state index contributed by atoms with van der Waals surface area (Å²) in [5, 5.41) is 2.35. The second-order valence-electron chi connectivity index (χ2n) is 3.72. The predicted octanol–water partition coefficient (Wildman–Crippen LogP) is 0.845. The number of nitrogens with one attached hydrogen (secondary N) is 1. The third kappa shape index (κ3) is 4.12. The first kappa shape index (κ1) is 13.6. The SMILES string of the molecule is CN(C)CC(=O)Nc1ccccc1S(=O)(=O)F. The second-order valence-corrected chi connectivity index (χ2v) is 5.04. The maximum absolute atomic E-state index is 12.9. The number of para-hydroxylation sites is 1. The summed E-state index contributed by atoms with van der Waals surface area (Å²) in [6.45, 7) is 0.0840. The number of amides is 1. The molecule has 1 N–H and O–H groups in total. The number of likely N-dealkylation sites (N-methyl/N-ethyl adjacent to an activating group) is 1. The predicted molar refractivity (Wildman–Crippen MR) is 61.9 cm³/mol. The smallest absolute Gasteiger partial charge is 0.324 e. The molecule has 0 saturated carbocycles. The maximum atomic E-state index is 12.9. The molecule has 0 radical (unpaired) electrons. The van der Waals surface area contributed by atoms with Crippen LogP contribution in [0.4, 0.5) is 9.57 Å². The molecular weight excluding hydrogens is 247 g/mol. The van der Waals surface area contributed by atoms with Crippen LogP contribution in [0, 0.1) is 0 Å². The van der Waals surface area contributed by atoms with Gasteiger partial charge in [-0.3, -0.25) is 4.79 Å². The van der Waals surface area contributed by atoms with E-state index in [0.29, 0.717) is 0 Å². The lowest BCUT2D eigenvalue weighted by atomic mass is 10.3. The number of hydrogen-bond donors (Lipinski definition) is 1. The van der Waals surface area contributed by atoms with Crippen LogP contribution in [-0.4, -0.2) is 39.9 Å². The van der Waals surface area contributed by atoms with E-state index in [1.54, 1.807) is 19.0 Å². The molecule has 1 aromatic carbocycles. The monoisotopic (exact) mass is 260 g/mol. The zero-order valence-corrected chi connectivity index (χ0v) is 10.3. The molecule has 94 valence electrons. The topological polar surface area (TPSA) is 66.5 Å². The van der Waals surface area contributed by atoms with Crippen LogP contribution in [0.5, 0.6) is 0 Å². The molecule has 0 aromatic heterocycles. The molecule has 17 heavy (non-hydrogen) atoms. The van der Waals surface area contributed by atoms with E-state index in [4.69, 9.17) is 0 Å². The summed E-state index contributed by atoms with van der Waals surface area (Å²) in [7, 11) is -1.45. The van der Waals surface area contributed by atoms with Crippen LogP contribution < -0.4 is 5.32 Å². The first-order chi connectivity index (χ1) is 7.80. The van der Waals surface area contributed by atoms with Gasteiger partial charge in [0, 0.05) is 0 Å². The van der Waals surface area contributed by atoms with Crippen molar-refractivity contribution in [2.75, 3.05) is 26.0 Å². The van der Waals surface area contributed by atoms with Gasteiger partial charge in [0.2, 0.25) is 5.91 Å². The van der Waals surface area contributed by atoms with Gasteiger partial charge in [0.25, 0.3) is 0 Å². The van der Waals surface area contributed by atoms with E-state index in [-0.39, 0.29) is 12.2 Å².